The first-order chi connectivity index (χ1) is 11.8. The maximum absolute atomic E-state index is 12.7. The molecule has 134 valence electrons. The number of anilines is 1. The van der Waals surface area contributed by atoms with Gasteiger partial charge in [-0.3, -0.25) is 9.59 Å². The number of aromatic nitrogens is 1. The summed E-state index contributed by atoms with van der Waals surface area (Å²) >= 11 is 7.27. The summed E-state index contributed by atoms with van der Waals surface area (Å²) in [5.41, 5.74) is 1.36. The number of thiazole rings is 1. The van der Waals surface area contributed by atoms with Crippen molar-refractivity contribution < 1.29 is 9.59 Å². The number of hydrogen-bond acceptors (Lipinski definition) is 4. The van der Waals surface area contributed by atoms with Crippen LogP contribution >= 0.6 is 22.9 Å². The first-order valence-corrected chi connectivity index (χ1v) is 9.32. The van der Waals surface area contributed by atoms with E-state index in [1.54, 1.807) is 24.3 Å². The molecule has 1 heterocycles. The first kappa shape index (κ1) is 19.4. The van der Waals surface area contributed by atoms with E-state index in [2.05, 4.69) is 15.6 Å². The Morgan fingerprint density at radius 1 is 1.24 bits per heavy atom. The van der Waals surface area contributed by atoms with Gasteiger partial charge in [-0.25, -0.2) is 4.98 Å². The zero-order valence-electron chi connectivity index (χ0n) is 14.7. The molecule has 1 aromatic heterocycles. The lowest BCUT2D eigenvalue weighted by Gasteiger charge is -2.23. The van der Waals surface area contributed by atoms with Gasteiger partial charge in [-0.15, -0.1) is 11.3 Å². The Labute approximate surface area is 156 Å². The predicted octanol–water partition coefficient (Wildman–Crippen LogP) is 4.20. The molecule has 2 rings (SSSR count). The van der Waals surface area contributed by atoms with Crippen LogP contribution in [0.2, 0.25) is 5.02 Å². The van der Waals surface area contributed by atoms with Crippen molar-refractivity contribution in [2.75, 3.05) is 5.32 Å². The van der Waals surface area contributed by atoms with E-state index in [9.17, 15) is 9.59 Å². The largest absolute Gasteiger partial charge is 0.340 e. The number of benzene rings is 1. The van der Waals surface area contributed by atoms with E-state index in [0.29, 0.717) is 15.7 Å². The quantitative estimate of drug-likeness (QED) is 0.790. The van der Waals surface area contributed by atoms with Gasteiger partial charge in [0, 0.05) is 15.5 Å². The number of nitrogens with zero attached hydrogens (tertiary/aromatic N) is 1. The van der Waals surface area contributed by atoms with Gasteiger partial charge >= 0.3 is 0 Å². The minimum absolute atomic E-state index is 0.0154. The maximum atomic E-state index is 12.7. The van der Waals surface area contributed by atoms with Gasteiger partial charge in [0.05, 0.1) is 5.69 Å². The molecular weight excluding hydrogens is 358 g/mol. The molecular formula is C18H22ClN3O2S. The van der Waals surface area contributed by atoms with Crippen LogP contribution in [0.1, 0.15) is 41.2 Å². The second-order valence-electron chi connectivity index (χ2n) is 5.99. The highest BCUT2D eigenvalue weighted by Gasteiger charge is 2.27. The number of nitrogens with one attached hydrogen (secondary N) is 2. The Bertz CT molecular complexity index is 739. The number of hydrogen-bond donors (Lipinski definition) is 2. The molecule has 2 aromatic rings. The van der Waals surface area contributed by atoms with Crippen molar-refractivity contribution in [3.8, 4) is 0 Å². The van der Waals surface area contributed by atoms with Crippen molar-refractivity contribution in [2.45, 2.75) is 40.2 Å². The number of amides is 2. The van der Waals surface area contributed by atoms with Gasteiger partial charge in [0.25, 0.3) is 5.91 Å². The molecule has 2 amide bonds. The average Bonchev–Trinajstić information content (AvgIpc) is 2.89. The van der Waals surface area contributed by atoms with Crippen molar-refractivity contribution in [2.24, 2.45) is 5.92 Å². The van der Waals surface area contributed by atoms with Gasteiger partial charge in [-0.05, 0) is 44.0 Å². The summed E-state index contributed by atoms with van der Waals surface area (Å²) in [5.74, 6) is -0.576. The number of aryl methyl sites for hydroxylation is 2. The molecule has 0 bridgehead atoms. The van der Waals surface area contributed by atoms with Gasteiger partial charge in [0.15, 0.2) is 5.13 Å². The van der Waals surface area contributed by atoms with Gasteiger partial charge in [-0.2, -0.15) is 0 Å². The third-order valence-corrected chi connectivity index (χ3v) is 5.39. The molecule has 0 aliphatic carbocycles. The van der Waals surface area contributed by atoms with Crippen LogP contribution in [-0.4, -0.2) is 22.8 Å². The monoisotopic (exact) mass is 379 g/mol. The zero-order chi connectivity index (χ0) is 18.6. The van der Waals surface area contributed by atoms with E-state index in [1.165, 1.54) is 11.3 Å². The lowest BCUT2D eigenvalue weighted by molar-refractivity contribution is -0.119. The fraction of sp³-hybridized carbons (Fsp3) is 0.389. The summed E-state index contributed by atoms with van der Waals surface area (Å²) in [5, 5.41) is 6.75. The van der Waals surface area contributed by atoms with Crippen molar-refractivity contribution in [3.63, 3.8) is 0 Å². The summed E-state index contributed by atoms with van der Waals surface area (Å²) in [6.45, 7) is 7.77. The number of rotatable bonds is 6. The zero-order valence-corrected chi connectivity index (χ0v) is 16.3. The summed E-state index contributed by atoms with van der Waals surface area (Å²) in [6, 6.07) is 5.93. The summed E-state index contributed by atoms with van der Waals surface area (Å²) < 4.78 is 0. The highest BCUT2D eigenvalue weighted by atomic mass is 35.5. The Kier molecular flexibility index (Phi) is 6.56. The second kappa shape index (κ2) is 8.45. The van der Waals surface area contributed by atoms with Crippen molar-refractivity contribution in [3.05, 3.63) is 45.4 Å². The normalized spacial score (nSPS) is 13.2. The molecule has 0 spiro atoms. The Balaban J connectivity index is 2.13. The van der Waals surface area contributed by atoms with Gasteiger partial charge in [0.2, 0.25) is 5.91 Å². The standard InChI is InChI=1S/C18H22ClN3O2S/c1-5-10(2)15(17(24)22-18-20-11(3)12(4)25-18)21-16(23)13-6-8-14(19)9-7-13/h6-10,15H,5H2,1-4H3,(H,21,23)(H,20,22,24). The SMILES string of the molecule is CCC(C)C(NC(=O)c1ccc(Cl)cc1)C(=O)Nc1nc(C)c(C)s1. The molecule has 1 aromatic carbocycles. The summed E-state index contributed by atoms with van der Waals surface area (Å²) in [4.78, 5) is 30.5. The number of carbonyl (C=O) groups is 2. The molecule has 0 fully saturated rings. The molecule has 5 nitrogen and oxygen atoms in total. The first-order valence-electron chi connectivity index (χ1n) is 8.13. The third-order valence-electron chi connectivity index (χ3n) is 4.15. The molecule has 0 saturated carbocycles. The van der Waals surface area contributed by atoms with Gasteiger partial charge in [0.1, 0.15) is 6.04 Å². The molecule has 2 N–H and O–H groups in total. The molecule has 25 heavy (non-hydrogen) atoms. The molecule has 2 unspecified atom stereocenters. The van der Waals surface area contributed by atoms with Crippen LogP contribution in [0.5, 0.6) is 0 Å². The highest BCUT2D eigenvalue weighted by Crippen LogP contribution is 2.22. The molecule has 0 radical (unpaired) electrons. The average molecular weight is 380 g/mol. The van der Waals surface area contributed by atoms with E-state index < -0.39 is 6.04 Å². The Morgan fingerprint density at radius 2 is 1.88 bits per heavy atom. The van der Waals surface area contributed by atoms with E-state index in [0.717, 1.165) is 17.0 Å². The molecule has 0 aliphatic heterocycles. The number of halogens is 1. The van der Waals surface area contributed by atoms with E-state index in [-0.39, 0.29) is 17.7 Å². The highest BCUT2D eigenvalue weighted by molar-refractivity contribution is 7.15. The van der Waals surface area contributed by atoms with Crippen LogP contribution in [0.4, 0.5) is 5.13 Å². The van der Waals surface area contributed by atoms with Crippen LogP contribution in [0.15, 0.2) is 24.3 Å². The van der Waals surface area contributed by atoms with Crippen LogP contribution < -0.4 is 10.6 Å². The summed E-state index contributed by atoms with van der Waals surface area (Å²) in [7, 11) is 0. The van der Waals surface area contributed by atoms with Gasteiger partial charge in [-0.1, -0.05) is 31.9 Å². The molecule has 2 atom stereocenters. The van der Waals surface area contributed by atoms with Crippen LogP contribution in [0, 0.1) is 19.8 Å². The summed E-state index contributed by atoms with van der Waals surface area (Å²) in [6.07, 6.45) is 0.759. The van der Waals surface area contributed by atoms with Crippen molar-refractivity contribution >= 4 is 39.9 Å². The second-order valence-corrected chi connectivity index (χ2v) is 7.63. The Hall–Kier alpha value is -1.92. The molecule has 0 saturated heterocycles. The Morgan fingerprint density at radius 3 is 2.40 bits per heavy atom. The third kappa shape index (κ3) is 5.03. The van der Waals surface area contributed by atoms with Crippen LogP contribution in [0.3, 0.4) is 0 Å². The van der Waals surface area contributed by atoms with E-state index >= 15 is 0 Å². The lowest BCUT2D eigenvalue weighted by Crippen LogP contribution is -2.47. The smallest absolute Gasteiger partial charge is 0.251 e. The van der Waals surface area contributed by atoms with E-state index in [1.807, 2.05) is 27.7 Å². The predicted molar refractivity (Wildman–Crippen MR) is 102 cm³/mol. The fourth-order valence-corrected chi connectivity index (χ4v) is 3.18. The van der Waals surface area contributed by atoms with Crippen molar-refractivity contribution in [1.82, 2.24) is 10.3 Å². The molecule has 0 aliphatic rings. The number of carbonyl (C=O) groups excluding carboxylic acids is 2. The maximum Gasteiger partial charge on any atom is 0.251 e. The topological polar surface area (TPSA) is 71.1 Å². The van der Waals surface area contributed by atoms with Crippen LogP contribution in [-0.2, 0) is 4.79 Å². The molecule has 7 heteroatoms. The minimum atomic E-state index is -0.641. The van der Waals surface area contributed by atoms with Gasteiger partial charge < -0.3 is 10.6 Å². The minimum Gasteiger partial charge on any atom is -0.340 e. The van der Waals surface area contributed by atoms with E-state index in [4.69, 9.17) is 11.6 Å². The van der Waals surface area contributed by atoms with Crippen LogP contribution in [0.25, 0.3) is 0 Å². The fourth-order valence-electron chi connectivity index (χ4n) is 2.24. The van der Waals surface area contributed by atoms with Crippen molar-refractivity contribution in [1.29, 1.82) is 0 Å². The lowest BCUT2D eigenvalue weighted by atomic mass is 9.98.